The number of hydrogen-bond donors (Lipinski definition) is 1. The number of rotatable bonds is 6. The lowest BCUT2D eigenvalue weighted by Gasteiger charge is -2.10. The van der Waals surface area contributed by atoms with E-state index in [0.29, 0.717) is 0 Å². The van der Waals surface area contributed by atoms with Gasteiger partial charge in [-0.25, -0.2) is 17.6 Å². The Kier molecular flexibility index (Phi) is 5.87. The highest BCUT2D eigenvalue weighted by atomic mass is 32.2. The number of anilines is 1. The average molecular weight is 365 g/mol. The number of carbonyl (C=O) groups excluding carboxylic acids is 2. The van der Waals surface area contributed by atoms with Crippen molar-refractivity contribution in [3.63, 3.8) is 0 Å². The fraction of sp³-hybridized carbons (Fsp3) is 0.176. The van der Waals surface area contributed by atoms with Crippen LogP contribution in [0.3, 0.4) is 0 Å². The fourth-order valence-electron chi connectivity index (χ4n) is 2.02. The molecule has 1 N–H and O–H groups in total. The van der Waals surface area contributed by atoms with Crippen LogP contribution in [0.4, 0.5) is 10.1 Å². The number of sulfone groups is 1. The number of hydrogen-bond acceptors (Lipinski definition) is 5. The molecule has 0 aliphatic rings. The van der Waals surface area contributed by atoms with Crippen molar-refractivity contribution in [1.82, 2.24) is 0 Å². The predicted octanol–water partition coefficient (Wildman–Crippen LogP) is 2.41. The Bertz CT molecular complexity index is 895. The van der Waals surface area contributed by atoms with Gasteiger partial charge in [0.25, 0.3) is 5.91 Å². The van der Waals surface area contributed by atoms with Gasteiger partial charge < -0.3 is 10.1 Å². The zero-order chi connectivity index (χ0) is 18.4. The van der Waals surface area contributed by atoms with Crippen LogP contribution in [0, 0.1) is 5.82 Å². The lowest BCUT2D eigenvalue weighted by atomic mass is 10.2. The van der Waals surface area contributed by atoms with Crippen LogP contribution in [-0.4, -0.2) is 32.7 Å². The molecule has 0 aliphatic heterocycles. The van der Waals surface area contributed by atoms with E-state index in [-0.39, 0.29) is 21.9 Å². The molecule has 6 nitrogen and oxygen atoms in total. The van der Waals surface area contributed by atoms with Gasteiger partial charge in [-0.05, 0) is 24.3 Å². The summed E-state index contributed by atoms with van der Waals surface area (Å²) in [5.74, 6) is -2.49. The van der Waals surface area contributed by atoms with E-state index in [1.807, 2.05) is 0 Å². The normalized spacial score (nSPS) is 11.0. The smallest absolute Gasteiger partial charge is 0.339 e. The van der Waals surface area contributed by atoms with Crippen molar-refractivity contribution in [2.75, 3.05) is 17.7 Å². The van der Waals surface area contributed by atoms with Gasteiger partial charge in [-0.15, -0.1) is 0 Å². The third kappa shape index (κ3) is 4.63. The molecule has 0 radical (unpaired) electrons. The highest BCUT2D eigenvalue weighted by molar-refractivity contribution is 7.91. The Balaban J connectivity index is 2.06. The van der Waals surface area contributed by atoms with Gasteiger partial charge in [0.2, 0.25) is 0 Å². The molecule has 2 aromatic carbocycles. The number of benzene rings is 2. The molecule has 1 amide bonds. The van der Waals surface area contributed by atoms with Gasteiger partial charge in [0.1, 0.15) is 5.82 Å². The number of para-hydroxylation sites is 1. The van der Waals surface area contributed by atoms with Gasteiger partial charge in [0.05, 0.1) is 21.9 Å². The summed E-state index contributed by atoms with van der Waals surface area (Å²) in [6.07, 6.45) is 0. The summed E-state index contributed by atoms with van der Waals surface area (Å²) in [6.45, 7) is 0.785. The molecule has 0 aromatic heterocycles. The molecule has 2 rings (SSSR count). The van der Waals surface area contributed by atoms with Crippen molar-refractivity contribution in [1.29, 1.82) is 0 Å². The number of halogens is 1. The topological polar surface area (TPSA) is 89.5 Å². The molecule has 0 saturated heterocycles. The maximum absolute atomic E-state index is 13.4. The first-order valence-electron chi connectivity index (χ1n) is 7.38. The maximum Gasteiger partial charge on any atom is 0.339 e. The molecule has 8 heteroatoms. The number of ether oxygens (including phenoxy) is 1. The lowest BCUT2D eigenvalue weighted by molar-refractivity contribution is -0.119. The first-order chi connectivity index (χ1) is 11.8. The van der Waals surface area contributed by atoms with Gasteiger partial charge in [0, 0.05) is 0 Å². The van der Waals surface area contributed by atoms with Crippen LogP contribution in [-0.2, 0) is 19.4 Å². The highest BCUT2D eigenvalue weighted by Gasteiger charge is 2.22. The third-order valence-corrected chi connectivity index (χ3v) is 5.09. The highest BCUT2D eigenvalue weighted by Crippen LogP contribution is 2.18. The summed E-state index contributed by atoms with van der Waals surface area (Å²) in [6, 6.07) is 11.1. The van der Waals surface area contributed by atoms with Crippen molar-refractivity contribution in [3.8, 4) is 0 Å². The summed E-state index contributed by atoms with van der Waals surface area (Å²) >= 11 is 0. The van der Waals surface area contributed by atoms with E-state index < -0.39 is 34.1 Å². The Morgan fingerprint density at radius 3 is 2.40 bits per heavy atom. The van der Waals surface area contributed by atoms with Crippen LogP contribution in [0.1, 0.15) is 17.3 Å². The summed E-state index contributed by atoms with van der Waals surface area (Å²) in [5, 5.41) is 2.26. The third-order valence-electron chi connectivity index (χ3n) is 3.30. The fourth-order valence-corrected chi connectivity index (χ4v) is 3.10. The van der Waals surface area contributed by atoms with E-state index in [9.17, 15) is 22.4 Å². The van der Waals surface area contributed by atoms with Gasteiger partial charge in [-0.3, -0.25) is 4.79 Å². The van der Waals surface area contributed by atoms with E-state index in [2.05, 4.69) is 5.32 Å². The van der Waals surface area contributed by atoms with Crippen LogP contribution < -0.4 is 5.32 Å². The molecule has 0 aliphatic carbocycles. The van der Waals surface area contributed by atoms with E-state index in [1.165, 1.54) is 55.5 Å². The monoisotopic (exact) mass is 365 g/mol. The molecule has 0 unspecified atom stereocenters. The Morgan fingerprint density at radius 2 is 1.72 bits per heavy atom. The second-order valence-corrected chi connectivity index (χ2v) is 7.25. The number of amides is 1. The van der Waals surface area contributed by atoms with E-state index >= 15 is 0 Å². The van der Waals surface area contributed by atoms with Crippen molar-refractivity contribution < 1.29 is 27.1 Å². The van der Waals surface area contributed by atoms with Gasteiger partial charge >= 0.3 is 5.97 Å². The zero-order valence-corrected chi connectivity index (χ0v) is 14.2. The number of carbonyl (C=O) groups is 2. The Hall–Kier alpha value is -2.74. The van der Waals surface area contributed by atoms with E-state index in [4.69, 9.17) is 4.74 Å². The molecule has 25 heavy (non-hydrogen) atoms. The van der Waals surface area contributed by atoms with Crippen molar-refractivity contribution in [3.05, 3.63) is 59.9 Å². The molecule has 0 bridgehead atoms. The van der Waals surface area contributed by atoms with Crippen molar-refractivity contribution >= 4 is 27.4 Å². The first-order valence-corrected chi connectivity index (χ1v) is 9.03. The lowest BCUT2D eigenvalue weighted by Crippen LogP contribution is -2.22. The molecule has 0 fully saturated rings. The van der Waals surface area contributed by atoms with Crippen LogP contribution in [0.2, 0.25) is 0 Å². The molecule has 0 atom stereocenters. The molecular formula is C17H16FNO5S. The molecule has 0 spiro atoms. The minimum absolute atomic E-state index is 0.0440. The zero-order valence-electron chi connectivity index (χ0n) is 13.4. The first kappa shape index (κ1) is 18.6. The van der Waals surface area contributed by atoms with Gasteiger partial charge in [0.15, 0.2) is 16.4 Å². The summed E-state index contributed by atoms with van der Waals surface area (Å²) < 4.78 is 42.3. The second kappa shape index (κ2) is 7.89. The molecule has 0 heterocycles. The number of esters is 1. The van der Waals surface area contributed by atoms with Crippen LogP contribution in [0.15, 0.2) is 53.4 Å². The average Bonchev–Trinajstić information content (AvgIpc) is 2.61. The maximum atomic E-state index is 13.4. The second-order valence-electron chi connectivity index (χ2n) is 5.00. The van der Waals surface area contributed by atoms with E-state index in [0.717, 1.165) is 0 Å². The van der Waals surface area contributed by atoms with Crippen LogP contribution in [0.5, 0.6) is 0 Å². The summed E-state index contributed by atoms with van der Waals surface area (Å²) in [5.41, 5.74) is -0.194. The van der Waals surface area contributed by atoms with Crippen molar-refractivity contribution in [2.45, 2.75) is 11.8 Å². The van der Waals surface area contributed by atoms with Crippen molar-refractivity contribution in [2.24, 2.45) is 0 Å². The molecule has 132 valence electrons. The van der Waals surface area contributed by atoms with Gasteiger partial charge in [-0.2, -0.15) is 0 Å². The molecule has 2 aromatic rings. The molecule has 0 saturated carbocycles. The minimum atomic E-state index is -3.62. The SMILES string of the molecule is CCS(=O)(=O)c1ccccc1C(=O)OCC(=O)Nc1ccccc1F. The summed E-state index contributed by atoms with van der Waals surface area (Å²) in [7, 11) is -3.62. The standard InChI is InChI=1S/C17H16FNO5S/c1-2-25(22,23)15-10-6-3-7-12(15)17(21)24-11-16(20)19-14-9-5-4-8-13(14)18/h3-10H,2,11H2,1H3,(H,19,20). The largest absolute Gasteiger partial charge is 0.452 e. The molecular weight excluding hydrogens is 349 g/mol. The quantitative estimate of drug-likeness (QED) is 0.794. The van der Waals surface area contributed by atoms with Crippen LogP contribution in [0.25, 0.3) is 0 Å². The summed E-state index contributed by atoms with van der Waals surface area (Å²) in [4.78, 5) is 23.7. The predicted molar refractivity (Wildman–Crippen MR) is 89.5 cm³/mol. The minimum Gasteiger partial charge on any atom is -0.452 e. The van der Waals surface area contributed by atoms with Crippen LogP contribution >= 0.6 is 0 Å². The van der Waals surface area contributed by atoms with Gasteiger partial charge in [-0.1, -0.05) is 31.2 Å². The Labute approximate surface area is 144 Å². The Morgan fingerprint density at radius 1 is 1.08 bits per heavy atom. The van der Waals surface area contributed by atoms with E-state index in [1.54, 1.807) is 0 Å². The number of nitrogens with one attached hydrogen (secondary N) is 1.